The second-order valence-electron chi connectivity index (χ2n) is 5.11. The van der Waals surface area contributed by atoms with E-state index in [0.29, 0.717) is 11.6 Å². The average Bonchev–Trinajstić information content (AvgIpc) is 2.81. The molecule has 20 heavy (non-hydrogen) atoms. The number of nitrogens with one attached hydrogen (secondary N) is 1. The van der Waals surface area contributed by atoms with Crippen molar-refractivity contribution in [3.8, 4) is 0 Å². The molecule has 1 aromatic heterocycles. The minimum Gasteiger partial charge on any atom is -0.480 e. The van der Waals surface area contributed by atoms with Crippen molar-refractivity contribution >= 4 is 12.1 Å². The lowest BCUT2D eigenvalue weighted by Crippen LogP contribution is -2.44. The van der Waals surface area contributed by atoms with Gasteiger partial charge in [0, 0.05) is 5.92 Å². The van der Waals surface area contributed by atoms with Gasteiger partial charge in [0.2, 0.25) is 0 Å². The third-order valence-corrected chi connectivity index (χ3v) is 2.62. The Labute approximate surface area is 117 Å². The number of ether oxygens (including phenoxy) is 1. The monoisotopic (exact) mass is 284 g/mol. The van der Waals surface area contributed by atoms with Crippen LogP contribution in [0, 0.1) is 5.92 Å². The molecule has 0 aliphatic rings. The number of carboxylic acids is 1. The number of amides is 1. The minimum atomic E-state index is -1.10. The first-order chi connectivity index (χ1) is 9.31. The standard InChI is InChI=1S/C13H20N2O5/c1-7(2)10(12(16)17)15-13(18)20-6-9-5-19-11(14-9)8(3)4/h5,7-8,10H,6H2,1-4H3,(H,15,18)(H,16,17)/t10-/m0/s1. The zero-order valence-corrected chi connectivity index (χ0v) is 12.0. The summed E-state index contributed by atoms with van der Waals surface area (Å²) in [5.41, 5.74) is 0.486. The van der Waals surface area contributed by atoms with Crippen molar-refractivity contribution in [2.75, 3.05) is 0 Å². The van der Waals surface area contributed by atoms with E-state index >= 15 is 0 Å². The van der Waals surface area contributed by atoms with Gasteiger partial charge in [-0.15, -0.1) is 0 Å². The fourth-order valence-electron chi connectivity index (χ4n) is 1.48. The molecule has 112 valence electrons. The van der Waals surface area contributed by atoms with Crippen molar-refractivity contribution in [2.45, 2.75) is 46.3 Å². The maximum absolute atomic E-state index is 11.5. The van der Waals surface area contributed by atoms with Crippen LogP contribution in [-0.4, -0.2) is 28.2 Å². The van der Waals surface area contributed by atoms with Crippen LogP contribution < -0.4 is 5.32 Å². The van der Waals surface area contributed by atoms with Crippen molar-refractivity contribution in [1.29, 1.82) is 0 Å². The Balaban J connectivity index is 2.48. The quantitative estimate of drug-likeness (QED) is 0.829. The zero-order valence-electron chi connectivity index (χ0n) is 12.0. The molecule has 2 N–H and O–H groups in total. The minimum absolute atomic E-state index is 0.0630. The van der Waals surface area contributed by atoms with Gasteiger partial charge in [-0.05, 0) is 5.92 Å². The molecule has 0 unspecified atom stereocenters. The van der Waals surface area contributed by atoms with E-state index in [1.54, 1.807) is 13.8 Å². The Morgan fingerprint density at radius 2 is 2.05 bits per heavy atom. The second-order valence-corrected chi connectivity index (χ2v) is 5.11. The lowest BCUT2D eigenvalue weighted by molar-refractivity contribution is -0.140. The summed E-state index contributed by atoms with van der Waals surface area (Å²) >= 11 is 0. The zero-order chi connectivity index (χ0) is 15.3. The summed E-state index contributed by atoms with van der Waals surface area (Å²) in [6.07, 6.45) is 0.625. The Kier molecular flexibility index (Phi) is 5.54. The van der Waals surface area contributed by atoms with Gasteiger partial charge in [-0.3, -0.25) is 0 Å². The first-order valence-corrected chi connectivity index (χ1v) is 6.41. The summed E-state index contributed by atoms with van der Waals surface area (Å²) in [6, 6.07) is -0.981. The van der Waals surface area contributed by atoms with E-state index in [1.807, 2.05) is 13.8 Å². The SMILES string of the molecule is CC(C)c1nc(COC(=O)N[C@H](C(=O)O)C(C)C)co1. The molecule has 0 fully saturated rings. The molecule has 7 heteroatoms. The van der Waals surface area contributed by atoms with Crippen LogP contribution in [0.1, 0.15) is 45.2 Å². The number of hydrogen-bond acceptors (Lipinski definition) is 5. The van der Waals surface area contributed by atoms with E-state index in [9.17, 15) is 9.59 Å². The number of alkyl carbamates (subject to hydrolysis) is 1. The summed E-state index contributed by atoms with van der Waals surface area (Å²) in [5, 5.41) is 11.2. The highest BCUT2D eigenvalue weighted by Gasteiger charge is 2.24. The van der Waals surface area contributed by atoms with E-state index < -0.39 is 18.1 Å². The predicted octanol–water partition coefficient (Wildman–Crippen LogP) is 2.13. The molecule has 7 nitrogen and oxygen atoms in total. The van der Waals surface area contributed by atoms with Crippen LogP contribution in [0.4, 0.5) is 4.79 Å². The Hall–Kier alpha value is -2.05. The van der Waals surface area contributed by atoms with Gasteiger partial charge in [0.05, 0.1) is 0 Å². The number of carbonyl (C=O) groups excluding carboxylic acids is 1. The van der Waals surface area contributed by atoms with Crippen LogP contribution in [0.5, 0.6) is 0 Å². The lowest BCUT2D eigenvalue weighted by Gasteiger charge is -2.17. The van der Waals surface area contributed by atoms with Gasteiger partial charge in [0.15, 0.2) is 5.89 Å². The molecule has 1 aromatic rings. The predicted molar refractivity (Wildman–Crippen MR) is 70.2 cm³/mol. The molecular formula is C13H20N2O5. The van der Waals surface area contributed by atoms with E-state index in [1.165, 1.54) is 6.26 Å². The molecule has 0 bridgehead atoms. The van der Waals surface area contributed by atoms with Crippen molar-refractivity contribution in [2.24, 2.45) is 5.92 Å². The van der Waals surface area contributed by atoms with Gasteiger partial charge in [0.1, 0.15) is 24.6 Å². The fourth-order valence-corrected chi connectivity index (χ4v) is 1.48. The number of rotatable bonds is 6. The van der Waals surface area contributed by atoms with Crippen LogP contribution in [0.15, 0.2) is 10.7 Å². The van der Waals surface area contributed by atoms with Crippen molar-refractivity contribution in [3.05, 3.63) is 17.8 Å². The maximum atomic E-state index is 11.5. The van der Waals surface area contributed by atoms with Crippen LogP contribution >= 0.6 is 0 Å². The summed E-state index contributed by atoms with van der Waals surface area (Å²) < 4.78 is 10.1. The second kappa shape index (κ2) is 6.93. The summed E-state index contributed by atoms with van der Waals surface area (Å²) in [4.78, 5) is 26.6. The number of oxazole rings is 1. The number of carboxylic acid groups (broad SMARTS) is 1. The Bertz CT molecular complexity index is 467. The highest BCUT2D eigenvalue weighted by Crippen LogP contribution is 2.13. The molecule has 1 rings (SSSR count). The van der Waals surface area contributed by atoms with Gasteiger partial charge in [-0.1, -0.05) is 27.7 Å². The Morgan fingerprint density at radius 3 is 2.50 bits per heavy atom. The molecule has 0 spiro atoms. The molecule has 0 saturated heterocycles. The van der Waals surface area contributed by atoms with E-state index in [4.69, 9.17) is 14.3 Å². The van der Waals surface area contributed by atoms with Crippen molar-refractivity contribution in [3.63, 3.8) is 0 Å². The van der Waals surface area contributed by atoms with Crippen LogP contribution in [0.3, 0.4) is 0 Å². The van der Waals surface area contributed by atoms with E-state index in [-0.39, 0.29) is 18.4 Å². The molecule has 0 aliphatic heterocycles. The number of nitrogens with zero attached hydrogens (tertiary/aromatic N) is 1. The number of aliphatic carboxylic acids is 1. The van der Waals surface area contributed by atoms with Crippen molar-refractivity contribution in [1.82, 2.24) is 10.3 Å². The van der Waals surface area contributed by atoms with Gasteiger partial charge < -0.3 is 19.6 Å². The highest BCUT2D eigenvalue weighted by molar-refractivity contribution is 5.80. The van der Waals surface area contributed by atoms with E-state index in [0.717, 1.165) is 0 Å². The van der Waals surface area contributed by atoms with Gasteiger partial charge in [-0.2, -0.15) is 0 Å². The topological polar surface area (TPSA) is 102 Å². The molecule has 0 aromatic carbocycles. The summed E-state index contributed by atoms with van der Waals surface area (Å²) in [6.45, 7) is 7.20. The molecule has 0 saturated carbocycles. The third kappa shape index (κ3) is 4.56. The smallest absolute Gasteiger partial charge is 0.408 e. The maximum Gasteiger partial charge on any atom is 0.408 e. The van der Waals surface area contributed by atoms with Gasteiger partial charge in [-0.25, -0.2) is 14.6 Å². The molecule has 0 radical (unpaired) electrons. The lowest BCUT2D eigenvalue weighted by atomic mass is 10.1. The number of carbonyl (C=O) groups is 2. The first kappa shape index (κ1) is 16.0. The molecule has 1 amide bonds. The normalized spacial score (nSPS) is 12.5. The van der Waals surface area contributed by atoms with Crippen LogP contribution in [0.2, 0.25) is 0 Å². The van der Waals surface area contributed by atoms with Crippen molar-refractivity contribution < 1.29 is 23.8 Å². The van der Waals surface area contributed by atoms with E-state index in [2.05, 4.69) is 10.3 Å². The largest absolute Gasteiger partial charge is 0.480 e. The molecule has 1 atom stereocenters. The van der Waals surface area contributed by atoms with Gasteiger partial charge in [0.25, 0.3) is 0 Å². The summed E-state index contributed by atoms with van der Waals surface area (Å²) in [5.74, 6) is -0.621. The Morgan fingerprint density at radius 1 is 1.40 bits per heavy atom. The first-order valence-electron chi connectivity index (χ1n) is 6.41. The van der Waals surface area contributed by atoms with Crippen LogP contribution in [-0.2, 0) is 16.1 Å². The van der Waals surface area contributed by atoms with Gasteiger partial charge >= 0.3 is 12.1 Å². The average molecular weight is 284 g/mol. The third-order valence-electron chi connectivity index (χ3n) is 2.62. The molecular weight excluding hydrogens is 264 g/mol. The molecule has 0 aliphatic carbocycles. The summed E-state index contributed by atoms with van der Waals surface area (Å²) in [7, 11) is 0. The number of hydrogen-bond donors (Lipinski definition) is 2. The van der Waals surface area contributed by atoms with Crippen LogP contribution in [0.25, 0.3) is 0 Å². The fraction of sp³-hybridized carbons (Fsp3) is 0.615. The highest BCUT2D eigenvalue weighted by atomic mass is 16.5. The molecule has 1 heterocycles. The number of aromatic nitrogens is 1.